The van der Waals surface area contributed by atoms with Crippen molar-refractivity contribution < 1.29 is 46.4 Å². The van der Waals surface area contributed by atoms with Crippen LogP contribution in [0.3, 0.4) is 0 Å². The fourth-order valence-electron chi connectivity index (χ4n) is 4.19. The van der Waals surface area contributed by atoms with E-state index >= 15 is 0 Å². The monoisotopic (exact) mass is 627 g/mol. The summed E-state index contributed by atoms with van der Waals surface area (Å²) in [7, 11) is 0. The molecule has 16 nitrogen and oxygen atoms in total. The van der Waals surface area contributed by atoms with Crippen molar-refractivity contribution in [3.05, 3.63) is 126 Å². The van der Waals surface area contributed by atoms with E-state index in [1.54, 1.807) is 48.9 Å². The SMILES string of the molecule is O=C(O)c1cc([N+](=O)[O-])[nH]c1C1=NC=CC1=C1C=CC=N1.O=C(O)c1cc([N+](=O)[O-])[nH]c1C1=NC=CC1=C1C=CC=N1.[Co]. The standard InChI is InChI=1S/2C13H8N4O4.Co/c2*18-13(19)8-6-10(17(20)21)16-12(8)11-7(3-5-15-11)9-2-1-4-14-9;/h2*1-6,16H,(H,18,19);. The van der Waals surface area contributed by atoms with Crippen LogP contribution in [-0.2, 0) is 16.8 Å². The van der Waals surface area contributed by atoms with E-state index in [9.17, 15) is 40.0 Å². The molecule has 0 spiro atoms. The Morgan fingerprint density at radius 3 is 1.40 bits per heavy atom. The van der Waals surface area contributed by atoms with Crippen LogP contribution in [0.25, 0.3) is 0 Å². The van der Waals surface area contributed by atoms with Crippen molar-refractivity contribution in [3.8, 4) is 0 Å². The van der Waals surface area contributed by atoms with E-state index in [0.29, 0.717) is 34.0 Å². The van der Waals surface area contributed by atoms with Gasteiger partial charge in [0.2, 0.25) is 0 Å². The number of aromatic carboxylic acids is 2. The first-order chi connectivity index (χ1) is 20.2. The predicted octanol–water partition coefficient (Wildman–Crippen LogP) is 3.66. The maximum Gasteiger partial charge on any atom is 0.340 e. The van der Waals surface area contributed by atoms with Gasteiger partial charge in [-0.25, -0.2) is 19.6 Å². The van der Waals surface area contributed by atoms with Gasteiger partial charge in [0.25, 0.3) is 0 Å². The molecule has 17 heteroatoms. The average Bonchev–Trinajstić information content (AvgIpc) is 3.77. The van der Waals surface area contributed by atoms with Crippen molar-refractivity contribution in [3.63, 3.8) is 0 Å². The molecule has 43 heavy (non-hydrogen) atoms. The summed E-state index contributed by atoms with van der Waals surface area (Å²) in [6, 6.07) is 1.96. The van der Waals surface area contributed by atoms with Crippen molar-refractivity contribution in [2.24, 2.45) is 20.0 Å². The molecular weight excluding hydrogens is 611 g/mol. The maximum atomic E-state index is 11.3. The molecule has 2 aromatic heterocycles. The molecule has 4 aliphatic rings. The zero-order chi connectivity index (χ0) is 30.0. The van der Waals surface area contributed by atoms with E-state index in [2.05, 4.69) is 29.9 Å². The third kappa shape index (κ3) is 5.87. The predicted molar refractivity (Wildman–Crippen MR) is 149 cm³/mol. The molecule has 0 bridgehead atoms. The van der Waals surface area contributed by atoms with Crippen molar-refractivity contribution >= 4 is 47.4 Å². The summed E-state index contributed by atoms with van der Waals surface area (Å²) >= 11 is 0. The van der Waals surface area contributed by atoms with Crippen molar-refractivity contribution in [1.29, 1.82) is 0 Å². The molecule has 0 saturated heterocycles. The van der Waals surface area contributed by atoms with Crippen molar-refractivity contribution in [2.75, 3.05) is 0 Å². The minimum atomic E-state index is -1.27. The molecule has 0 unspecified atom stereocenters. The third-order valence-electron chi connectivity index (χ3n) is 5.99. The Labute approximate surface area is 249 Å². The first kappa shape index (κ1) is 29.9. The molecule has 6 heterocycles. The van der Waals surface area contributed by atoms with Crippen LogP contribution < -0.4 is 0 Å². The van der Waals surface area contributed by atoms with Gasteiger partial charge in [0.1, 0.15) is 22.6 Å². The van der Waals surface area contributed by atoms with Crippen LogP contribution >= 0.6 is 0 Å². The van der Waals surface area contributed by atoms with Gasteiger partial charge < -0.3 is 30.4 Å². The molecule has 0 aliphatic carbocycles. The van der Waals surface area contributed by atoms with Gasteiger partial charge in [0, 0.05) is 52.8 Å². The average molecular weight is 627 g/mol. The van der Waals surface area contributed by atoms with E-state index < -0.39 is 33.4 Å². The number of aromatic nitrogens is 2. The van der Waals surface area contributed by atoms with Crippen LogP contribution in [0.15, 0.2) is 103 Å². The molecule has 4 aliphatic heterocycles. The van der Waals surface area contributed by atoms with Crippen molar-refractivity contribution in [1.82, 2.24) is 9.97 Å². The Morgan fingerprint density at radius 2 is 1.09 bits per heavy atom. The number of allylic oxidation sites excluding steroid dienone is 8. The van der Waals surface area contributed by atoms with Crippen LogP contribution in [-0.4, -0.2) is 65.8 Å². The number of nitrogens with zero attached hydrogens (tertiary/aromatic N) is 6. The van der Waals surface area contributed by atoms with Crippen LogP contribution in [0.4, 0.5) is 11.6 Å². The Morgan fingerprint density at radius 1 is 0.698 bits per heavy atom. The van der Waals surface area contributed by atoms with E-state index in [1.165, 1.54) is 12.4 Å². The number of rotatable bonds is 6. The first-order valence-corrected chi connectivity index (χ1v) is 11.8. The molecule has 217 valence electrons. The minimum absolute atomic E-state index is 0. The maximum absolute atomic E-state index is 11.3. The summed E-state index contributed by atoms with van der Waals surface area (Å²) in [5.41, 5.74) is 2.89. The number of carboxylic acid groups (broad SMARTS) is 2. The second-order valence-corrected chi connectivity index (χ2v) is 8.47. The second kappa shape index (κ2) is 12.2. The normalized spacial score (nSPS) is 18.9. The number of carbonyl (C=O) groups is 2. The number of aliphatic imine (C=N–C) groups is 4. The van der Waals surface area contributed by atoms with E-state index in [-0.39, 0.29) is 39.3 Å². The van der Waals surface area contributed by atoms with Gasteiger partial charge in [0.05, 0.1) is 23.5 Å². The summed E-state index contributed by atoms with van der Waals surface area (Å²) in [5.74, 6) is -3.32. The number of carboxylic acids is 2. The quantitative estimate of drug-likeness (QED) is 0.271. The third-order valence-corrected chi connectivity index (χ3v) is 5.99. The van der Waals surface area contributed by atoms with Gasteiger partial charge in [-0.05, 0) is 46.3 Å². The molecule has 6 rings (SSSR count). The number of nitrogens with one attached hydrogen (secondary N) is 2. The zero-order valence-corrected chi connectivity index (χ0v) is 22.3. The van der Waals surface area contributed by atoms with Gasteiger partial charge in [-0.15, -0.1) is 0 Å². The largest absolute Gasteiger partial charge is 0.478 e. The van der Waals surface area contributed by atoms with Gasteiger partial charge in [-0.1, -0.05) is 0 Å². The molecule has 0 atom stereocenters. The topological polar surface area (TPSA) is 242 Å². The Balaban J connectivity index is 0.000000192. The van der Waals surface area contributed by atoms with Crippen LogP contribution in [0.5, 0.6) is 0 Å². The Bertz CT molecular complexity index is 1730. The smallest absolute Gasteiger partial charge is 0.340 e. The van der Waals surface area contributed by atoms with Gasteiger partial charge in [-0.2, -0.15) is 0 Å². The summed E-state index contributed by atoms with van der Waals surface area (Å²) < 4.78 is 0. The summed E-state index contributed by atoms with van der Waals surface area (Å²) in [4.78, 5) is 64.3. The molecule has 0 aromatic carbocycles. The fourth-order valence-corrected chi connectivity index (χ4v) is 4.19. The Hall–Kier alpha value is -6.07. The van der Waals surface area contributed by atoms with Gasteiger partial charge in [0.15, 0.2) is 11.4 Å². The first-order valence-electron chi connectivity index (χ1n) is 11.8. The number of nitro groups is 2. The molecule has 0 saturated carbocycles. The number of H-pyrrole nitrogens is 2. The summed E-state index contributed by atoms with van der Waals surface area (Å²) in [6.45, 7) is 0. The zero-order valence-electron chi connectivity index (χ0n) is 21.3. The van der Waals surface area contributed by atoms with Gasteiger partial charge >= 0.3 is 23.6 Å². The molecular formula is C26H16CoN8O8. The van der Waals surface area contributed by atoms with Crippen LogP contribution in [0.1, 0.15) is 32.1 Å². The number of hydrogen-bond acceptors (Lipinski definition) is 10. The van der Waals surface area contributed by atoms with Gasteiger partial charge in [-0.3, -0.25) is 20.0 Å². The Kier molecular flexibility index (Phi) is 8.49. The minimum Gasteiger partial charge on any atom is -0.478 e. The summed E-state index contributed by atoms with van der Waals surface area (Å²) in [5, 5.41) is 40.0. The van der Waals surface area contributed by atoms with Crippen molar-refractivity contribution in [2.45, 2.75) is 0 Å². The second-order valence-electron chi connectivity index (χ2n) is 8.47. The molecule has 1 radical (unpaired) electrons. The van der Waals surface area contributed by atoms with E-state index in [4.69, 9.17) is 0 Å². The summed E-state index contributed by atoms with van der Waals surface area (Å²) in [6.07, 6.45) is 16.5. The van der Waals surface area contributed by atoms with E-state index in [0.717, 1.165) is 12.1 Å². The molecule has 2 aromatic rings. The molecule has 0 amide bonds. The van der Waals surface area contributed by atoms with Crippen LogP contribution in [0.2, 0.25) is 0 Å². The van der Waals surface area contributed by atoms with Crippen LogP contribution in [0, 0.1) is 20.2 Å². The number of aromatic amines is 2. The fraction of sp³-hybridized carbons (Fsp3) is 0. The molecule has 0 fully saturated rings. The van der Waals surface area contributed by atoms with E-state index in [1.807, 2.05) is 0 Å². The molecule has 4 N–H and O–H groups in total. The number of hydrogen-bond donors (Lipinski definition) is 4.